The van der Waals surface area contributed by atoms with Gasteiger partial charge in [-0.05, 0) is 54.4 Å². The molecule has 2 N–H and O–H groups in total. The third-order valence-corrected chi connectivity index (χ3v) is 4.24. The van der Waals surface area contributed by atoms with Crippen LogP contribution in [0, 0.1) is 12.7 Å². The molecule has 0 atom stereocenters. The smallest absolute Gasteiger partial charge is 0.309 e. The Kier molecular flexibility index (Phi) is 5.57. The van der Waals surface area contributed by atoms with Crippen LogP contribution in [0.2, 0.25) is 5.02 Å². The van der Waals surface area contributed by atoms with Gasteiger partial charge in [0.15, 0.2) is 0 Å². The van der Waals surface area contributed by atoms with E-state index in [0.29, 0.717) is 10.7 Å². The maximum Gasteiger partial charge on any atom is 0.323 e. The molecule has 2 amide bonds. The van der Waals surface area contributed by atoms with Crippen molar-refractivity contribution in [3.8, 4) is 0 Å². The first kappa shape index (κ1) is 18.7. The number of benzene rings is 2. The lowest BCUT2D eigenvalue weighted by atomic mass is 10.2. The predicted molar refractivity (Wildman–Crippen MR) is 105 cm³/mol. The predicted octanol–water partition coefficient (Wildman–Crippen LogP) is 4.64. The molecule has 1 aromatic heterocycles. The lowest BCUT2D eigenvalue weighted by molar-refractivity contribution is 0.262. The summed E-state index contributed by atoms with van der Waals surface area (Å²) in [4.78, 5) is 24.9. The summed E-state index contributed by atoms with van der Waals surface area (Å²) in [7, 11) is 0. The average Bonchev–Trinajstić information content (AvgIpc) is 2.63. The van der Waals surface area contributed by atoms with Crippen LogP contribution in [0.15, 0.2) is 65.6 Å². The van der Waals surface area contributed by atoms with E-state index in [9.17, 15) is 14.0 Å². The molecular weight excluding hydrogens is 369 g/mol. The molecule has 0 saturated carbocycles. The molecule has 3 aromatic rings. The zero-order chi connectivity index (χ0) is 19.4. The summed E-state index contributed by atoms with van der Waals surface area (Å²) in [6, 6.07) is 13.6. The van der Waals surface area contributed by atoms with E-state index in [1.54, 1.807) is 18.3 Å². The minimum absolute atomic E-state index is 0.140. The number of halogens is 2. The van der Waals surface area contributed by atoms with Crippen molar-refractivity contribution in [3.63, 3.8) is 0 Å². The molecule has 5 nitrogen and oxygen atoms in total. The zero-order valence-electron chi connectivity index (χ0n) is 14.5. The molecule has 0 aliphatic carbocycles. The highest BCUT2D eigenvalue weighted by atomic mass is 35.5. The largest absolute Gasteiger partial charge is 0.323 e. The number of nitrogens with one attached hydrogen (secondary N) is 2. The molecule has 138 valence electrons. The van der Waals surface area contributed by atoms with Gasteiger partial charge in [0.1, 0.15) is 11.5 Å². The third kappa shape index (κ3) is 4.74. The van der Waals surface area contributed by atoms with Crippen molar-refractivity contribution in [3.05, 3.63) is 93.1 Å². The van der Waals surface area contributed by atoms with Crippen LogP contribution in [0.3, 0.4) is 0 Å². The van der Waals surface area contributed by atoms with Crippen LogP contribution >= 0.6 is 11.6 Å². The van der Waals surface area contributed by atoms with Crippen molar-refractivity contribution in [1.82, 2.24) is 4.57 Å². The SMILES string of the molecule is Cc1cc(NC(=O)Nc2ccc(F)cc2)c(=O)n(Cc2ccccc2Cl)c1. The number of nitrogens with zero attached hydrogens (tertiary/aromatic N) is 1. The van der Waals surface area contributed by atoms with Crippen LogP contribution in [0.25, 0.3) is 0 Å². The van der Waals surface area contributed by atoms with Crippen LogP contribution in [-0.2, 0) is 6.54 Å². The molecule has 0 aliphatic rings. The van der Waals surface area contributed by atoms with Gasteiger partial charge >= 0.3 is 6.03 Å². The van der Waals surface area contributed by atoms with E-state index in [1.165, 1.54) is 28.8 Å². The fourth-order valence-corrected chi connectivity index (χ4v) is 2.82. The van der Waals surface area contributed by atoms with Crippen LogP contribution in [0.4, 0.5) is 20.6 Å². The van der Waals surface area contributed by atoms with Crippen molar-refractivity contribution in [2.24, 2.45) is 0 Å². The zero-order valence-corrected chi connectivity index (χ0v) is 15.3. The number of hydrogen-bond donors (Lipinski definition) is 2. The van der Waals surface area contributed by atoms with E-state index in [-0.39, 0.29) is 17.8 Å². The van der Waals surface area contributed by atoms with Gasteiger partial charge in [0.25, 0.3) is 5.56 Å². The fraction of sp³-hybridized carbons (Fsp3) is 0.100. The second-order valence-electron chi connectivity index (χ2n) is 6.04. The third-order valence-electron chi connectivity index (χ3n) is 3.87. The Balaban J connectivity index is 1.80. The Morgan fingerprint density at radius 1 is 1.11 bits per heavy atom. The number of amides is 2. The van der Waals surface area contributed by atoms with Crippen molar-refractivity contribution >= 4 is 29.0 Å². The minimum Gasteiger partial charge on any atom is -0.309 e. The molecule has 7 heteroatoms. The molecule has 0 bridgehead atoms. The topological polar surface area (TPSA) is 63.1 Å². The molecule has 2 aromatic carbocycles. The Bertz CT molecular complexity index is 1030. The first-order valence-corrected chi connectivity index (χ1v) is 8.58. The van der Waals surface area contributed by atoms with Crippen LogP contribution in [-0.4, -0.2) is 10.6 Å². The molecule has 27 heavy (non-hydrogen) atoms. The van der Waals surface area contributed by atoms with Gasteiger partial charge in [-0.3, -0.25) is 4.79 Å². The van der Waals surface area contributed by atoms with Gasteiger partial charge in [-0.1, -0.05) is 29.8 Å². The molecule has 0 spiro atoms. The van der Waals surface area contributed by atoms with Crippen molar-refractivity contribution in [2.45, 2.75) is 13.5 Å². The van der Waals surface area contributed by atoms with Crippen molar-refractivity contribution < 1.29 is 9.18 Å². The molecular formula is C20H17ClFN3O2. The average molecular weight is 386 g/mol. The van der Waals surface area contributed by atoms with Crippen LogP contribution in [0.1, 0.15) is 11.1 Å². The van der Waals surface area contributed by atoms with Gasteiger partial charge in [0.05, 0.1) is 6.54 Å². The van der Waals surface area contributed by atoms with Crippen molar-refractivity contribution in [1.29, 1.82) is 0 Å². The standard InChI is InChI=1S/C20H17ClFN3O2/c1-13-10-18(24-20(27)23-16-8-6-15(22)7-9-16)19(26)25(11-13)12-14-4-2-3-5-17(14)21/h2-11H,12H2,1H3,(H2,23,24,27). The van der Waals surface area contributed by atoms with Crippen LogP contribution < -0.4 is 16.2 Å². The Hall–Kier alpha value is -3.12. The van der Waals surface area contributed by atoms with E-state index < -0.39 is 11.8 Å². The summed E-state index contributed by atoms with van der Waals surface area (Å²) in [5, 5.41) is 5.67. The highest BCUT2D eigenvalue weighted by Crippen LogP contribution is 2.16. The summed E-state index contributed by atoms with van der Waals surface area (Å²) in [6.07, 6.45) is 1.70. The van der Waals surface area contributed by atoms with E-state index in [2.05, 4.69) is 10.6 Å². The maximum absolute atomic E-state index is 12.9. The molecule has 3 rings (SSSR count). The quantitative estimate of drug-likeness (QED) is 0.687. The van der Waals surface area contributed by atoms with Gasteiger partial charge < -0.3 is 15.2 Å². The van der Waals surface area contributed by atoms with E-state index in [1.807, 2.05) is 25.1 Å². The number of carbonyl (C=O) groups excluding carboxylic acids is 1. The van der Waals surface area contributed by atoms with E-state index in [4.69, 9.17) is 11.6 Å². The Morgan fingerprint density at radius 3 is 2.52 bits per heavy atom. The lowest BCUT2D eigenvalue weighted by Gasteiger charge is -2.12. The number of aryl methyl sites for hydroxylation is 1. The molecule has 0 unspecified atom stereocenters. The highest BCUT2D eigenvalue weighted by Gasteiger charge is 2.11. The number of carbonyl (C=O) groups is 1. The Morgan fingerprint density at radius 2 is 1.81 bits per heavy atom. The summed E-state index contributed by atoms with van der Waals surface area (Å²) < 4.78 is 14.4. The number of aromatic nitrogens is 1. The number of urea groups is 1. The normalized spacial score (nSPS) is 10.5. The number of hydrogen-bond acceptors (Lipinski definition) is 2. The number of rotatable bonds is 4. The van der Waals surface area contributed by atoms with E-state index >= 15 is 0 Å². The Labute approximate surface area is 160 Å². The summed E-state index contributed by atoms with van der Waals surface area (Å²) in [5.41, 5.74) is 1.81. The molecule has 0 saturated heterocycles. The molecule has 0 aliphatic heterocycles. The summed E-state index contributed by atoms with van der Waals surface area (Å²) in [5.74, 6) is -0.401. The van der Waals surface area contributed by atoms with Gasteiger partial charge in [-0.25, -0.2) is 9.18 Å². The van der Waals surface area contributed by atoms with Gasteiger partial charge in [-0.15, -0.1) is 0 Å². The maximum atomic E-state index is 12.9. The monoisotopic (exact) mass is 385 g/mol. The van der Waals surface area contributed by atoms with Crippen LogP contribution in [0.5, 0.6) is 0 Å². The van der Waals surface area contributed by atoms with Crippen molar-refractivity contribution in [2.75, 3.05) is 10.6 Å². The summed E-state index contributed by atoms with van der Waals surface area (Å²) >= 11 is 6.17. The van der Waals surface area contributed by atoms with E-state index in [0.717, 1.165) is 11.1 Å². The first-order valence-electron chi connectivity index (χ1n) is 8.20. The lowest BCUT2D eigenvalue weighted by Crippen LogP contribution is -2.28. The van der Waals surface area contributed by atoms with Gasteiger partial charge in [-0.2, -0.15) is 0 Å². The highest BCUT2D eigenvalue weighted by molar-refractivity contribution is 6.31. The van der Waals surface area contributed by atoms with Gasteiger partial charge in [0, 0.05) is 16.9 Å². The number of pyridine rings is 1. The molecule has 1 heterocycles. The second-order valence-corrected chi connectivity index (χ2v) is 6.45. The number of anilines is 2. The second kappa shape index (κ2) is 8.05. The molecule has 0 radical (unpaired) electrons. The minimum atomic E-state index is -0.589. The summed E-state index contributed by atoms with van der Waals surface area (Å²) in [6.45, 7) is 2.11. The molecule has 0 fully saturated rings. The van der Waals surface area contributed by atoms with Gasteiger partial charge in [0.2, 0.25) is 0 Å². The fourth-order valence-electron chi connectivity index (χ4n) is 2.62. The first-order chi connectivity index (χ1) is 12.9.